The van der Waals surface area contributed by atoms with Gasteiger partial charge in [-0.05, 0) is 120 Å². The SMILES string of the molecule is C=CC1=C(/C(=C\C)c2ccc(N(c3ccc(C(/C=C\CC)=C/C)cc3)c3ccc(-c4cccc5c4Oc4ccccc4S5)cc3)cc2)Sc2ccccc2C1(C)C. The van der Waals surface area contributed by atoms with Gasteiger partial charge in [0.1, 0.15) is 11.5 Å². The van der Waals surface area contributed by atoms with E-state index in [1.807, 2.05) is 23.9 Å². The maximum absolute atomic E-state index is 6.51. The van der Waals surface area contributed by atoms with Crippen molar-refractivity contribution in [1.82, 2.24) is 0 Å². The van der Waals surface area contributed by atoms with Gasteiger partial charge in [-0.2, -0.15) is 0 Å². The van der Waals surface area contributed by atoms with Crippen molar-refractivity contribution >= 4 is 51.7 Å². The zero-order chi connectivity index (χ0) is 39.5. The van der Waals surface area contributed by atoms with Gasteiger partial charge < -0.3 is 9.64 Å². The van der Waals surface area contributed by atoms with E-state index in [9.17, 15) is 0 Å². The Labute approximate surface area is 347 Å². The second-order valence-corrected chi connectivity index (χ2v) is 16.8. The second-order valence-electron chi connectivity index (χ2n) is 14.7. The van der Waals surface area contributed by atoms with E-state index in [0.717, 1.165) is 55.9 Å². The van der Waals surface area contributed by atoms with Gasteiger partial charge in [0, 0.05) is 37.8 Å². The lowest BCUT2D eigenvalue weighted by Crippen LogP contribution is -2.24. The van der Waals surface area contributed by atoms with Gasteiger partial charge in [0.2, 0.25) is 0 Å². The molecule has 0 saturated carbocycles. The molecule has 0 atom stereocenters. The Kier molecular flexibility index (Phi) is 11.0. The van der Waals surface area contributed by atoms with Crippen LogP contribution in [0.4, 0.5) is 17.1 Å². The van der Waals surface area contributed by atoms with Crippen LogP contribution >= 0.6 is 23.5 Å². The van der Waals surface area contributed by atoms with Crippen molar-refractivity contribution in [2.24, 2.45) is 0 Å². The van der Waals surface area contributed by atoms with E-state index in [1.54, 1.807) is 11.8 Å². The molecular weight excluding hydrogens is 731 g/mol. The molecule has 0 unspecified atom stereocenters. The number of hydrogen-bond acceptors (Lipinski definition) is 4. The van der Waals surface area contributed by atoms with E-state index in [-0.39, 0.29) is 5.41 Å². The molecule has 2 heterocycles. The fraction of sp³-hybridized carbons (Fsp3) is 0.132. The molecule has 2 aliphatic heterocycles. The number of ether oxygens (including phenoxy) is 1. The van der Waals surface area contributed by atoms with Crippen LogP contribution in [0.1, 0.15) is 57.7 Å². The molecule has 6 aromatic carbocycles. The molecule has 0 amide bonds. The number of anilines is 3. The minimum Gasteiger partial charge on any atom is -0.454 e. The molecule has 0 aromatic heterocycles. The van der Waals surface area contributed by atoms with Crippen LogP contribution in [0.5, 0.6) is 11.5 Å². The number of allylic oxidation sites excluding steroid dienone is 8. The zero-order valence-electron chi connectivity index (χ0n) is 33.3. The lowest BCUT2D eigenvalue weighted by Gasteiger charge is -2.36. The molecule has 6 aromatic rings. The molecule has 8 rings (SSSR count). The number of nitrogens with zero attached hydrogens (tertiary/aromatic N) is 1. The van der Waals surface area contributed by atoms with Gasteiger partial charge in [0.15, 0.2) is 0 Å². The van der Waals surface area contributed by atoms with Gasteiger partial charge >= 0.3 is 0 Å². The van der Waals surface area contributed by atoms with Crippen LogP contribution in [-0.4, -0.2) is 0 Å². The Bertz CT molecular complexity index is 2570. The lowest BCUT2D eigenvalue weighted by atomic mass is 9.76. The number of benzene rings is 6. The van der Waals surface area contributed by atoms with Gasteiger partial charge in [-0.25, -0.2) is 0 Å². The topological polar surface area (TPSA) is 12.5 Å². The average molecular weight is 778 g/mol. The maximum Gasteiger partial charge on any atom is 0.149 e. The van der Waals surface area contributed by atoms with Crippen LogP contribution < -0.4 is 9.64 Å². The van der Waals surface area contributed by atoms with Crippen molar-refractivity contribution in [1.29, 1.82) is 0 Å². The van der Waals surface area contributed by atoms with E-state index < -0.39 is 0 Å². The van der Waals surface area contributed by atoms with E-state index in [1.165, 1.54) is 43.2 Å². The van der Waals surface area contributed by atoms with Gasteiger partial charge in [-0.3, -0.25) is 0 Å². The van der Waals surface area contributed by atoms with Crippen molar-refractivity contribution < 1.29 is 4.74 Å². The van der Waals surface area contributed by atoms with Crippen LogP contribution in [0.2, 0.25) is 0 Å². The molecule has 282 valence electrons. The standard InChI is InChI=1S/C53H47NOS2/c1-7-11-17-36(8-2)37-24-30-40(31-25-37)54(42-34-28-39(29-35-42)44-18-16-23-50-51(44)55-47-20-13-15-22-49(47)56-50)41-32-26-38(27-33-41)43(9-3)52-45(10-4)53(5,6)46-19-12-14-21-48(46)57-52/h8-35H,4,7H2,1-3,5-6H3/b17-11-,36-8+,43-9-. The third-order valence-electron chi connectivity index (χ3n) is 10.9. The van der Waals surface area contributed by atoms with Gasteiger partial charge in [-0.15, -0.1) is 0 Å². The second kappa shape index (κ2) is 16.4. The summed E-state index contributed by atoms with van der Waals surface area (Å²) < 4.78 is 6.51. The number of para-hydroxylation sites is 2. The van der Waals surface area contributed by atoms with Crippen LogP contribution in [0.3, 0.4) is 0 Å². The molecule has 57 heavy (non-hydrogen) atoms. The fourth-order valence-electron chi connectivity index (χ4n) is 7.85. The molecule has 0 N–H and O–H groups in total. The number of fused-ring (bicyclic) bond motifs is 3. The fourth-order valence-corrected chi connectivity index (χ4v) is 10.4. The Balaban J connectivity index is 1.17. The molecule has 0 spiro atoms. The summed E-state index contributed by atoms with van der Waals surface area (Å²) in [7, 11) is 0. The van der Waals surface area contributed by atoms with Crippen molar-refractivity contribution in [3.63, 3.8) is 0 Å². The van der Waals surface area contributed by atoms with Crippen LogP contribution in [0.15, 0.2) is 202 Å². The smallest absolute Gasteiger partial charge is 0.149 e. The molecular formula is C53H47NOS2. The van der Waals surface area contributed by atoms with Crippen molar-refractivity contribution in [2.45, 2.75) is 61.1 Å². The Morgan fingerprint density at radius 3 is 1.93 bits per heavy atom. The summed E-state index contributed by atoms with van der Waals surface area (Å²) in [6, 6.07) is 50.2. The largest absolute Gasteiger partial charge is 0.454 e. The quantitative estimate of drug-likeness (QED) is 0.128. The third-order valence-corrected chi connectivity index (χ3v) is 13.2. The highest BCUT2D eigenvalue weighted by Gasteiger charge is 2.34. The van der Waals surface area contributed by atoms with Crippen molar-refractivity contribution in [3.05, 3.63) is 204 Å². The molecule has 0 saturated heterocycles. The summed E-state index contributed by atoms with van der Waals surface area (Å²) in [5.74, 6) is 1.81. The van der Waals surface area contributed by atoms with Crippen molar-refractivity contribution in [3.8, 4) is 22.6 Å². The Morgan fingerprint density at radius 1 is 0.667 bits per heavy atom. The summed E-state index contributed by atoms with van der Waals surface area (Å²) in [5, 5.41) is 0. The summed E-state index contributed by atoms with van der Waals surface area (Å²) in [5.41, 5.74) is 12.7. The van der Waals surface area contributed by atoms with Crippen LogP contribution in [0, 0.1) is 0 Å². The molecule has 4 heteroatoms. The highest BCUT2D eigenvalue weighted by atomic mass is 32.2. The molecule has 0 fully saturated rings. The molecule has 0 aliphatic carbocycles. The van der Waals surface area contributed by atoms with Crippen LogP contribution in [0.25, 0.3) is 22.3 Å². The van der Waals surface area contributed by atoms with Crippen LogP contribution in [-0.2, 0) is 5.41 Å². The normalized spacial score (nSPS) is 14.8. The molecule has 2 aliphatic rings. The minimum absolute atomic E-state index is 0.157. The molecule has 0 radical (unpaired) electrons. The minimum atomic E-state index is -0.157. The summed E-state index contributed by atoms with van der Waals surface area (Å²) >= 11 is 3.61. The first kappa shape index (κ1) is 38.2. The average Bonchev–Trinajstić information content (AvgIpc) is 3.24. The third kappa shape index (κ3) is 7.36. The monoisotopic (exact) mass is 777 g/mol. The summed E-state index contributed by atoms with van der Waals surface area (Å²) in [4.78, 5) is 7.17. The molecule has 0 bridgehead atoms. The predicted octanol–water partition coefficient (Wildman–Crippen LogP) is 16.4. The lowest BCUT2D eigenvalue weighted by molar-refractivity contribution is 0.456. The van der Waals surface area contributed by atoms with E-state index in [2.05, 4.69) is 204 Å². The first-order valence-corrected chi connectivity index (χ1v) is 21.3. The first-order valence-electron chi connectivity index (χ1n) is 19.7. The van der Waals surface area contributed by atoms with E-state index in [4.69, 9.17) is 4.74 Å². The zero-order valence-corrected chi connectivity index (χ0v) is 34.9. The highest BCUT2D eigenvalue weighted by molar-refractivity contribution is 8.03. The van der Waals surface area contributed by atoms with Crippen molar-refractivity contribution in [2.75, 3.05) is 4.90 Å². The molecule has 2 nitrogen and oxygen atoms in total. The highest BCUT2D eigenvalue weighted by Crippen LogP contribution is 2.53. The maximum atomic E-state index is 6.51. The van der Waals surface area contributed by atoms with E-state index in [0.29, 0.717) is 0 Å². The summed E-state index contributed by atoms with van der Waals surface area (Å²) in [6.45, 7) is 15.3. The number of thioether (sulfide) groups is 1. The predicted molar refractivity (Wildman–Crippen MR) is 246 cm³/mol. The van der Waals surface area contributed by atoms with Gasteiger partial charge in [0.25, 0.3) is 0 Å². The Morgan fingerprint density at radius 2 is 1.28 bits per heavy atom. The van der Waals surface area contributed by atoms with Gasteiger partial charge in [0.05, 0.1) is 9.79 Å². The first-order chi connectivity index (χ1) is 27.8. The van der Waals surface area contributed by atoms with E-state index >= 15 is 0 Å². The number of hydrogen-bond donors (Lipinski definition) is 0. The Hall–Kier alpha value is -5.68. The number of rotatable bonds is 10. The van der Waals surface area contributed by atoms with Gasteiger partial charge in [-0.1, -0.05) is 160 Å². The summed E-state index contributed by atoms with van der Waals surface area (Å²) in [6.07, 6.45) is 11.9.